The van der Waals surface area contributed by atoms with E-state index in [1.807, 2.05) is 0 Å². The number of pyridine rings is 1. The van der Waals surface area contributed by atoms with Crippen LogP contribution in [0.5, 0.6) is 5.75 Å². The van der Waals surface area contributed by atoms with Crippen LogP contribution in [-0.4, -0.2) is 29.6 Å². The van der Waals surface area contributed by atoms with Gasteiger partial charge in [0.1, 0.15) is 17.2 Å². The van der Waals surface area contributed by atoms with E-state index in [0.29, 0.717) is 17.0 Å². The number of methoxy groups -OCH3 is 1. The maximum Gasteiger partial charge on any atom is 0.412 e. The van der Waals surface area contributed by atoms with E-state index in [2.05, 4.69) is 10.3 Å². The van der Waals surface area contributed by atoms with Gasteiger partial charge in [-0.15, -0.1) is 0 Å². The molecule has 1 heterocycles. The van der Waals surface area contributed by atoms with Gasteiger partial charge in [-0.05, 0) is 38.5 Å². The van der Waals surface area contributed by atoms with Gasteiger partial charge < -0.3 is 9.47 Å². The molecular weight excluding hydrogens is 339 g/mol. The van der Waals surface area contributed by atoms with Crippen molar-refractivity contribution in [3.05, 3.63) is 53.6 Å². The standard InChI is InChI=1S/C19H21FN2O4/c1-19(2,3)26-18(24)22-16-9-15(25-4)6-5-12(16)8-17(23)13-7-14(20)11-21-10-13/h5-7,9-11H,8H2,1-4H3,(H,22,24). The lowest BCUT2D eigenvalue weighted by molar-refractivity contribution is 0.0635. The highest BCUT2D eigenvalue weighted by Crippen LogP contribution is 2.25. The zero-order valence-electron chi connectivity index (χ0n) is 15.1. The van der Waals surface area contributed by atoms with Gasteiger partial charge in [0.15, 0.2) is 5.78 Å². The van der Waals surface area contributed by atoms with Crippen LogP contribution in [0.3, 0.4) is 0 Å². The van der Waals surface area contributed by atoms with Gasteiger partial charge in [0, 0.05) is 24.2 Å². The second kappa shape index (κ2) is 7.95. The summed E-state index contributed by atoms with van der Waals surface area (Å²) in [5, 5.41) is 2.63. The van der Waals surface area contributed by atoms with E-state index in [-0.39, 0.29) is 17.8 Å². The Labute approximate surface area is 151 Å². The minimum absolute atomic E-state index is 0.0414. The lowest BCUT2D eigenvalue weighted by atomic mass is 10.0. The van der Waals surface area contributed by atoms with Crippen LogP contribution in [-0.2, 0) is 11.2 Å². The summed E-state index contributed by atoms with van der Waals surface area (Å²) in [4.78, 5) is 28.1. The van der Waals surface area contributed by atoms with Gasteiger partial charge in [-0.2, -0.15) is 0 Å². The Bertz CT molecular complexity index is 815. The summed E-state index contributed by atoms with van der Waals surface area (Å²) >= 11 is 0. The van der Waals surface area contributed by atoms with Crippen molar-refractivity contribution in [2.45, 2.75) is 32.8 Å². The minimum Gasteiger partial charge on any atom is -0.497 e. The summed E-state index contributed by atoms with van der Waals surface area (Å²) < 4.78 is 23.7. The van der Waals surface area contributed by atoms with Crippen molar-refractivity contribution >= 4 is 17.6 Å². The Hall–Kier alpha value is -2.96. The second-order valence-corrected chi connectivity index (χ2v) is 6.64. The number of hydrogen-bond donors (Lipinski definition) is 1. The molecule has 0 saturated heterocycles. The molecule has 0 unspecified atom stereocenters. The molecule has 0 aliphatic heterocycles. The molecule has 2 aromatic rings. The van der Waals surface area contributed by atoms with Crippen LogP contribution in [0.25, 0.3) is 0 Å². The molecule has 26 heavy (non-hydrogen) atoms. The van der Waals surface area contributed by atoms with Crippen LogP contribution in [0.2, 0.25) is 0 Å². The molecule has 0 bridgehead atoms. The summed E-state index contributed by atoms with van der Waals surface area (Å²) in [6.07, 6.45) is 1.64. The monoisotopic (exact) mass is 360 g/mol. The molecule has 0 spiro atoms. The zero-order chi connectivity index (χ0) is 19.3. The molecule has 6 nitrogen and oxygen atoms in total. The van der Waals surface area contributed by atoms with Gasteiger partial charge in [0.05, 0.1) is 19.0 Å². The number of hydrogen-bond acceptors (Lipinski definition) is 5. The normalized spacial score (nSPS) is 11.0. The quantitative estimate of drug-likeness (QED) is 0.816. The summed E-state index contributed by atoms with van der Waals surface area (Å²) in [5.41, 5.74) is 0.429. The number of ketones is 1. The van der Waals surface area contributed by atoms with Gasteiger partial charge in [-0.3, -0.25) is 15.1 Å². The fraction of sp³-hybridized carbons (Fsp3) is 0.316. The Morgan fingerprint density at radius 3 is 2.54 bits per heavy atom. The van der Waals surface area contributed by atoms with E-state index in [1.165, 1.54) is 13.3 Å². The summed E-state index contributed by atoms with van der Waals surface area (Å²) in [5.74, 6) is -0.397. The first-order valence-corrected chi connectivity index (χ1v) is 7.98. The van der Waals surface area contributed by atoms with Gasteiger partial charge in [0.2, 0.25) is 0 Å². The first-order chi connectivity index (χ1) is 12.2. The number of nitrogens with one attached hydrogen (secondary N) is 1. The molecule has 1 aromatic carbocycles. The highest BCUT2D eigenvalue weighted by molar-refractivity contribution is 5.98. The van der Waals surface area contributed by atoms with Crippen LogP contribution in [0.15, 0.2) is 36.7 Å². The van der Waals surface area contributed by atoms with E-state index in [4.69, 9.17) is 9.47 Å². The number of aromatic nitrogens is 1. The third-order valence-electron chi connectivity index (χ3n) is 3.33. The van der Waals surface area contributed by atoms with Crippen molar-refractivity contribution in [3.63, 3.8) is 0 Å². The molecule has 0 aliphatic rings. The minimum atomic E-state index is -0.661. The average molecular weight is 360 g/mol. The van der Waals surface area contributed by atoms with Crippen molar-refractivity contribution in [2.24, 2.45) is 0 Å². The van der Waals surface area contributed by atoms with Crippen LogP contribution in [0.4, 0.5) is 14.9 Å². The third kappa shape index (κ3) is 5.54. The lowest BCUT2D eigenvalue weighted by Crippen LogP contribution is -2.27. The Morgan fingerprint density at radius 1 is 1.19 bits per heavy atom. The molecule has 1 aromatic heterocycles. The maximum absolute atomic E-state index is 13.3. The smallest absolute Gasteiger partial charge is 0.412 e. The van der Waals surface area contributed by atoms with Gasteiger partial charge in [-0.1, -0.05) is 6.07 Å². The SMILES string of the molecule is COc1ccc(CC(=O)c2cncc(F)c2)c(NC(=O)OC(C)(C)C)c1. The predicted molar refractivity (Wildman–Crippen MR) is 95.1 cm³/mol. The average Bonchev–Trinajstić information content (AvgIpc) is 2.54. The number of halogens is 1. The van der Waals surface area contributed by atoms with E-state index >= 15 is 0 Å². The van der Waals surface area contributed by atoms with Gasteiger partial charge in [-0.25, -0.2) is 9.18 Å². The number of amides is 1. The maximum atomic E-state index is 13.3. The molecule has 7 heteroatoms. The molecular formula is C19H21FN2O4. The Morgan fingerprint density at radius 2 is 1.92 bits per heavy atom. The number of nitrogens with zero attached hydrogens (tertiary/aromatic N) is 1. The lowest BCUT2D eigenvalue weighted by Gasteiger charge is -2.20. The van der Waals surface area contributed by atoms with Crippen LogP contribution in [0.1, 0.15) is 36.7 Å². The van der Waals surface area contributed by atoms with Crippen LogP contribution >= 0.6 is 0 Å². The largest absolute Gasteiger partial charge is 0.497 e. The molecule has 0 radical (unpaired) electrons. The number of Topliss-reactive ketones (excluding diaryl/α,β-unsaturated/α-hetero) is 1. The zero-order valence-corrected chi connectivity index (χ0v) is 15.1. The summed E-state index contributed by atoms with van der Waals surface area (Å²) in [7, 11) is 1.50. The van der Waals surface area contributed by atoms with E-state index < -0.39 is 17.5 Å². The first kappa shape index (κ1) is 19.4. The first-order valence-electron chi connectivity index (χ1n) is 7.98. The number of rotatable bonds is 5. The molecule has 138 valence electrons. The summed E-state index contributed by atoms with van der Waals surface area (Å²) in [6.45, 7) is 5.25. The van der Waals surface area contributed by atoms with E-state index in [0.717, 1.165) is 12.3 Å². The number of benzene rings is 1. The number of anilines is 1. The molecule has 1 amide bonds. The summed E-state index contributed by atoms with van der Waals surface area (Å²) in [6, 6.07) is 6.05. The molecule has 0 saturated carbocycles. The van der Waals surface area contributed by atoms with Gasteiger partial charge in [0.25, 0.3) is 0 Å². The fourth-order valence-electron chi connectivity index (χ4n) is 2.21. The second-order valence-electron chi connectivity index (χ2n) is 6.64. The van der Waals surface area contributed by atoms with Crippen molar-refractivity contribution in [3.8, 4) is 5.75 Å². The van der Waals surface area contributed by atoms with Crippen molar-refractivity contribution in [1.29, 1.82) is 0 Å². The number of ether oxygens (including phenoxy) is 2. The van der Waals surface area contributed by atoms with Crippen molar-refractivity contribution in [2.75, 3.05) is 12.4 Å². The topological polar surface area (TPSA) is 77.5 Å². The third-order valence-corrected chi connectivity index (χ3v) is 3.33. The highest BCUT2D eigenvalue weighted by Gasteiger charge is 2.19. The molecule has 0 aliphatic carbocycles. The number of carbonyl (C=O) groups excluding carboxylic acids is 2. The highest BCUT2D eigenvalue weighted by atomic mass is 19.1. The number of carbonyl (C=O) groups is 2. The van der Waals surface area contributed by atoms with E-state index in [9.17, 15) is 14.0 Å². The van der Waals surface area contributed by atoms with Gasteiger partial charge >= 0.3 is 6.09 Å². The Kier molecular flexibility index (Phi) is 5.92. The van der Waals surface area contributed by atoms with E-state index in [1.54, 1.807) is 39.0 Å². The molecule has 0 atom stereocenters. The van der Waals surface area contributed by atoms with Crippen molar-refractivity contribution < 1.29 is 23.5 Å². The Balaban J connectivity index is 2.24. The van der Waals surface area contributed by atoms with Crippen LogP contribution < -0.4 is 10.1 Å². The molecule has 1 N–H and O–H groups in total. The van der Waals surface area contributed by atoms with Crippen molar-refractivity contribution in [1.82, 2.24) is 4.98 Å². The molecule has 2 rings (SSSR count). The molecule has 0 fully saturated rings. The van der Waals surface area contributed by atoms with Crippen LogP contribution in [0, 0.1) is 5.82 Å². The predicted octanol–water partition coefficient (Wildman–Crippen LogP) is 4.00. The fourth-order valence-corrected chi connectivity index (χ4v) is 2.21.